The van der Waals surface area contributed by atoms with Crippen molar-refractivity contribution in [1.29, 1.82) is 16.1 Å². The number of fused-ring (bicyclic) bond motifs is 2. The number of nitrogens with zero attached hydrogens (tertiary/aromatic N) is 4. The van der Waals surface area contributed by atoms with Crippen LogP contribution in [0.2, 0.25) is 0 Å². The summed E-state index contributed by atoms with van der Waals surface area (Å²) in [5.74, 6) is 0.0641. The molecular weight excluding hydrogens is 413 g/mol. The van der Waals surface area contributed by atoms with Crippen molar-refractivity contribution in [1.82, 2.24) is 9.88 Å². The highest BCUT2D eigenvalue weighted by molar-refractivity contribution is 6.12. The van der Waals surface area contributed by atoms with E-state index in [1.54, 1.807) is 17.2 Å². The molecule has 0 saturated carbocycles. The number of hydrogen-bond acceptors (Lipinski definition) is 8. The van der Waals surface area contributed by atoms with Crippen LogP contribution in [0.15, 0.2) is 30.5 Å². The standard InChI is InChI=1S/C20H20FN5O2.C2H4N2/c1-28-18-12(9-22)7-8-24-19(18)26-13-5-6-14(26)11-25(10-13)20(27)17-15(21)3-2-4-16(17)23;3-1-2-4/h2-4,7-8,13-14H,5-6,10-11,23H2,1H3;1-4H. The number of amides is 1. The molecule has 4 rings (SSSR count). The van der Waals surface area contributed by atoms with Crippen LogP contribution in [0.25, 0.3) is 0 Å². The van der Waals surface area contributed by atoms with Gasteiger partial charge in [-0.15, -0.1) is 0 Å². The fraction of sp³-hybridized carbons (Fsp3) is 0.318. The van der Waals surface area contributed by atoms with Crippen LogP contribution < -0.4 is 15.4 Å². The van der Waals surface area contributed by atoms with Crippen LogP contribution in [0.3, 0.4) is 0 Å². The van der Waals surface area contributed by atoms with E-state index in [1.807, 2.05) is 0 Å². The number of hydrogen-bond donors (Lipinski definition) is 3. The molecule has 2 aromatic rings. The van der Waals surface area contributed by atoms with E-state index in [0.29, 0.717) is 30.2 Å². The molecule has 166 valence electrons. The fourth-order valence-corrected chi connectivity index (χ4v) is 4.25. The second-order valence-electron chi connectivity index (χ2n) is 7.37. The third-order valence-electron chi connectivity index (χ3n) is 5.57. The van der Waals surface area contributed by atoms with E-state index in [1.165, 1.54) is 25.3 Å². The van der Waals surface area contributed by atoms with Gasteiger partial charge in [0, 0.05) is 49.5 Å². The molecular formula is C22H24FN7O2. The van der Waals surface area contributed by atoms with E-state index >= 15 is 0 Å². The van der Waals surface area contributed by atoms with Gasteiger partial charge in [0.25, 0.3) is 5.91 Å². The average molecular weight is 437 g/mol. The van der Waals surface area contributed by atoms with E-state index in [4.69, 9.17) is 21.3 Å². The van der Waals surface area contributed by atoms with Gasteiger partial charge >= 0.3 is 0 Å². The number of nitriles is 1. The Hall–Kier alpha value is -4.00. The van der Waals surface area contributed by atoms with Crippen LogP contribution in [0.1, 0.15) is 28.8 Å². The summed E-state index contributed by atoms with van der Waals surface area (Å²) >= 11 is 0. The highest BCUT2D eigenvalue weighted by atomic mass is 19.1. The molecule has 2 aliphatic heterocycles. The number of aromatic nitrogens is 1. The Morgan fingerprint density at radius 2 is 1.94 bits per heavy atom. The lowest BCUT2D eigenvalue weighted by Gasteiger charge is -2.42. The maximum atomic E-state index is 14.2. The zero-order valence-corrected chi connectivity index (χ0v) is 17.6. The minimum Gasteiger partial charge on any atom is -0.492 e. The molecule has 3 heterocycles. The summed E-state index contributed by atoms with van der Waals surface area (Å²) in [5.41, 5.74) is 6.34. The highest BCUT2D eigenvalue weighted by Gasteiger charge is 2.44. The largest absolute Gasteiger partial charge is 0.492 e. The van der Waals surface area contributed by atoms with Crippen LogP contribution in [-0.4, -0.2) is 60.5 Å². The molecule has 2 saturated heterocycles. The monoisotopic (exact) mass is 437 g/mol. The fourth-order valence-electron chi connectivity index (χ4n) is 4.25. The number of likely N-dealkylation sites (tertiary alicyclic amines) is 1. The van der Waals surface area contributed by atoms with Crippen molar-refractivity contribution in [3.8, 4) is 11.8 Å². The number of benzene rings is 1. The summed E-state index contributed by atoms with van der Waals surface area (Å²) in [4.78, 5) is 21.2. The summed E-state index contributed by atoms with van der Waals surface area (Å²) < 4.78 is 19.6. The normalized spacial score (nSPS) is 18.8. The van der Waals surface area contributed by atoms with Gasteiger partial charge in [-0.3, -0.25) is 4.79 Å². The lowest BCUT2D eigenvalue weighted by atomic mass is 10.1. The zero-order chi connectivity index (χ0) is 23.3. The van der Waals surface area contributed by atoms with Gasteiger partial charge in [0.2, 0.25) is 0 Å². The first-order valence-electron chi connectivity index (χ1n) is 10.0. The molecule has 2 aliphatic rings. The predicted molar refractivity (Wildman–Crippen MR) is 119 cm³/mol. The number of pyridine rings is 1. The second-order valence-corrected chi connectivity index (χ2v) is 7.37. The number of nitrogens with one attached hydrogen (secondary N) is 2. The highest BCUT2D eigenvalue weighted by Crippen LogP contribution is 2.40. The van der Waals surface area contributed by atoms with Gasteiger partial charge in [0.05, 0.1) is 18.2 Å². The average Bonchev–Trinajstić information content (AvgIpc) is 3.06. The molecule has 1 amide bonds. The SMILES string of the molecule is COc1c(C#N)ccnc1N1C2CCC1CN(C(=O)c1c(N)cccc1F)C2.N=CC=N. The molecule has 0 spiro atoms. The summed E-state index contributed by atoms with van der Waals surface area (Å²) in [6.45, 7) is 0.870. The molecule has 2 unspecified atom stereocenters. The van der Waals surface area contributed by atoms with Crippen molar-refractivity contribution < 1.29 is 13.9 Å². The van der Waals surface area contributed by atoms with Gasteiger partial charge in [-0.1, -0.05) is 6.07 Å². The van der Waals surface area contributed by atoms with Gasteiger partial charge in [0.1, 0.15) is 11.9 Å². The van der Waals surface area contributed by atoms with Gasteiger partial charge in [-0.2, -0.15) is 5.26 Å². The minimum absolute atomic E-state index is 0.0195. The maximum Gasteiger partial charge on any atom is 0.259 e. The number of carbonyl (C=O) groups excluding carboxylic acids is 1. The minimum atomic E-state index is -0.607. The molecule has 0 radical (unpaired) electrons. The quantitative estimate of drug-likeness (QED) is 0.495. The van der Waals surface area contributed by atoms with Gasteiger partial charge in [0.15, 0.2) is 11.6 Å². The Morgan fingerprint density at radius 3 is 2.47 bits per heavy atom. The number of methoxy groups -OCH3 is 1. The first kappa shape index (κ1) is 22.7. The van der Waals surface area contributed by atoms with Crippen LogP contribution in [0, 0.1) is 28.0 Å². The number of nitrogens with two attached hydrogens (primary N) is 1. The number of nitrogen functional groups attached to an aromatic ring is 1. The van der Waals surface area contributed by atoms with Crippen molar-refractivity contribution in [2.24, 2.45) is 0 Å². The second kappa shape index (κ2) is 9.87. The van der Waals surface area contributed by atoms with Crippen LogP contribution in [0.4, 0.5) is 15.9 Å². The lowest BCUT2D eigenvalue weighted by molar-refractivity contribution is 0.0713. The Kier molecular flexibility index (Phi) is 7.00. The molecule has 2 fully saturated rings. The summed E-state index contributed by atoms with van der Waals surface area (Å²) in [6, 6.07) is 8.05. The third kappa shape index (κ3) is 4.23. The number of ether oxygens (including phenoxy) is 1. The summed E-state index contributed by atoms with van der Waals surface area (Å²) in [7, 11) is 1.52. The first-order chi connectivity index (χ1) is 15.5. The van der Waals surface area contributed by atoms with Gasteiger partial charge in [-0.05, 0) is 31.0 Å². The smallest absolute Gasteiger partial charge is 0.259 e. The van der Waals surface area contributed by atoms with Crippen LogP contribution in [0.5, 0.6) is 5.75 Å². The van der Waals surface area contributed by atoms with Gasteiger partial charge < -0.3 is 31.1 Å². The number of halogens is 1. The summed E-state index contributed by atoms with van der Waals surface area (Å²) in [5, 5.41) is 21.5. The molecule has 0 aliphatic carbocycles. The Bertz CT molecular complexity index is 1030. The molecule has 4 N–H and O–H groups in total. The van der Waals surface area contributed by atoms with Gasteiger partial charge in [-0.25, -0.2) is 9.37 Å². The zero-order valence-electron chi connectivity index (χ0n) is 17.6. The number of piperazine rings is 1. The lowest BCUT2D eigenvalue weighted by Crippen LogP contribution is -2.56. The Morgan fingerprint density at radius 1 is 1.28 bits per heavy atom. The summed E-state index contributed by atoms with van der Waals surface area (Å²) in [6.07, 6.45) is 5.18. The van der Waals surface area contributed by atoms with Crippen LogP contribution in [-0.2, 0) is 0 Å². The van der Waals surface area contributed by atoms with E-state index < -0.39 is 11.7 Å². The van der Waals surface area contributed by atoms with Crippen molar-refractivity contribution in [2.45, 2.75) is 24.9 Å². The Labute approximate surface area is 185 Å². The molecule has 2 bridgehead atoms. The first-order valence-corrected chi connectivity index (χ1v) is 10.0. The number of anilines is 2. The molecule has 9 nitrogen and oxygen atoms in total. The van der Waals surface area contributed by atoms with Crippen molar-refractivity contribution >= 4 is 29.8 Å². The molecule has 10 heteroatoms. The number of rotatable bonds is 4. The third-order valence-corrected chi connectivity index (χ3v) is 5.57. The van der Waals surface area contributed by atoms with E-state index in [2.05, 4.69) is 16.0 Å². The van der Waals surface area contributed by atoms with Crippen molar-refractivity contribution in [3.63, 3.8) is 0 Å². The predicted octanol–water partition coefficient (Wildman–Crippen LogP) is 2.46. The molecule has 32 heavy (non-hydrogen) atoms. The van der Waals surface area contributed by atoms with E-state index in [-0.39, 0.29) is 23.3 Å². The van der Waals surface area contributed by atoms with Crippen molar-refractivity contribution in [2.75, 3.05) is 30.8 Å². The molecule has 1 aromatic carbocycles. The molecule has 1 aromatic heterocycles. The van der Waals surface area contributed by atoms with Crippen molar-refractivity contribution in [3.05, 3.63) is 47.4 Å². The maximum absolute atomic E-state index is 14.2. The topological polar surface area (TPSA) is 143 Å². The van der Waals surface area contributed by atoms with Crippen LogP contribution >= 0.6 is 0 Å². The Balaban J connectivity index is 0.000000668. The number of carbonyl (C=O) groups is 1. The van der Waals surface area contributed by atoms with E-state index in [0.717, 1.165) is 25.3 Å². The molecule has 2 atom stereocenters. The van der Waals surface area contributed by atoms with E-state index in [9.17, 15) is 14.4 Å².